The SMILES string of the molecule is O=C(/C=C/c1cccc(Cl)c1)N1CCN(C(=O)C2CCCC2)CC1. The first-order valence-electron chi connectivity index (χ1n) is 8.65. The smallest absolute Gasteiger partial charge is 0.246 e. The molecule has 0 radical (unpaired) electrons. The van der Waals surface area contributed by atoms with E-state index >= 15 is 0 Å². The van der Waals surface area contributed by atoms with Crippen molar-refractivity contribution in [2.45, 2.75) is 25.7 Å². The molecule has 1 saturated carbocycles. The molecule has 1 aliphatic carbocycles. The number of rotatable bonds is 3. The van der Waals surface area contributed by atoms with E-state index in [2.05, 4.69) is 0 Å². The first-order chi connectivity index (χ1) is 11.6. The van der Waals surface area contributed by atoms with Crippen LogP contribution in [0.1, 0.15) is 31.2 Å². The highest BCUT2D eigenvalue weighted by molar-refractivity contribution is 6.30. The summed E-state index contributed by atoms with van der Waals surface area (Å²) in [5.74, 6) is 0.493. The summed E-state index contributed by atoms with van der Waals surface area (Å²) < 4.78 is 0. The number of carbonyl (C=O) groups is 2. The van der Waals surface area contributed by atoms with Crippen LogP contribution >= 0.6 is 11.6 Å². The maximum atomic E-state index is 12.4. The van der Waals surface area contributed by atoms with Crippen LogP contribution in [0.15, 0.2) is 30.3 Å². The molecule has 0 bridgehead atoms. The van der Waals surface area contributed by atoms with Crippen LogP contribution < -0.4 is 0 Å². The molecule has 0 unspecified atom stereocenters. The van der Waals surface area contributed by atoms with Gasteiger partial charge >= 0.3 is 0 Å². The monoisotopic (exact) mass is 346 g/mol. The highest BCUT2D eigenvalue weighted by atomic mass is 35.5. The predicted molar refractivity (Wildman–Crippen MR) is 95.6 cm³/mol. The van der Waals surface area contributed by atoms with Crippen molar-refractivity contribution in [1.29, 1.82) is 0 Å². The maximum Gasteiger partial charge on any atom is 0.246 e. The average Bonchev–Trinajstić information content (AvgIpc) is 3.14. The third-order valence-electron chi connectivity index (χ3n) is 4.87. The Kier molecular flexibility index (Phi) is 5.56. The predicted octanol–water partition coefficient (Wildman–Crippen LogP) is 3.21. The summed E-state index contributed by atoms with van der Waals surface area (Å²) >= 11 is 5.94. The molecule has 1 heterocycles. The van der Waals surface area contributed by atoms with E-state index in [4.69, 9.17) is 11.6 Å². The molecule has 1 saturated heterocycles. The molecule has 4 nitrogen and oxygen atoms in total. The van der Waals surface area contributed by atoms with E-state index in [1.54, 1.807) is 23.1 Å². The van der Waals surface area contributed by atoms with Gasteiger partial charge in [0, 0.05) is 43.2 Å². The van der Waals surface area contributed by atoms with E-state index in [9.17, 15) is 9.59 Å². The molecular weight excluding hydrogens is 324 g/mol. The average molecular weight is 347 g/mol. The van der Waals surface area contributed by atoms with Crippen LogP contribution in [-0.2, 0) is 9.59 Å². The van der Waals surface area contributed by atoms with Crippen LogP contribution in [0.3, 0.4) is 0 Å². The molecule has 5 heteroatoms. The topological polar surface area (TPSA) is 40.6 Å². The number of carbonyl (C=O) groups excluding carboxylic acids is 2. The zero-order chi connectivity index (χ0) is 16.9. The van der Waals surface area contributed by atoms with E-state index in [-0.39, 0.29) is 17.7 Å². The van der Waals surface area contributed by atoms with Gasteiger partial charge in [-0.2, -0.15) is 0 Å². The van der Waals surface area contributed by atoms with E-state index in [0.29, 0.717) is 31.2 Å². The fourth-order valence-electron chi connectivity index (χ4n) is 3.46. The lowest BCUT2D eigenvalue weighted by atomic mass is 10.1. The first-order valence-corrected chi connectivity index (χ1v) is 9.02. The molecule has 2 fully saturated rings. The molecular formula is C19H23ClN2O2. The summed E-state index contributed by atoms with van der Waals surface area (Å²) in [6.07, 6.45) is 7.76. The molecule has 2 amide bonds. The largest absolute Gasteiger partial charge is 0.339 e. The number of amides is 2. The van der Waals surface area contributed by atoms with Crippen molar-refractivity contribution in [3.8, 4) is 0 Å². The van der Waals surface area contributed by atoms with Crippen molar-refractivity contribution in [3.63, 3.8) is 0 Å². The molecule has 128 valence electrons. The fourth-order valence-corrected chi connectivity index (χ4v) is 3.66. The van der Waals surface area contributed by atoms with Gasteiger partial charge in [0.05, 0.1) is 0 Å². The second-order valence-corrected chi connectivity index (χ2v) is 6.96. The normalized spacial score (nSPS) is 19.2. The van der Waals surface area contributed by atoms with Crippen LogP contribution in [0.25, 0.3) is 6.08 Å². The Morgan fingerprint density at radius 1 is 1.04 bits per heavy atom. The van der Waals surface area contributed by atoms with Gasteiger partial charge in [-0.15, -0.1) is 0 Å². The molecule has 0 aromatic heterocycles. The lowest BCUT2D eigenvalue weighted by molar-refractivity contribution is -0.140. The fraction of sp³-hybridized carbons (Fsp3) is 0.474. The van der Waals surface area contributed by atoms with Gasteiger partial charge in [0.15, 0.2) is 0 Å². The van der Waals surface area contributed by atoms with E-state index in [0.717, 1.165) is 18.4 Å². The molecule has 3 rings (SSSR count). The van der Waals surface area contributed by atoms with Gasteiger partial charge in [-0.3, -0.25) is 9.59 Å². The number of hydrogen-bond donors (Lipinski definition) is 0. The summed E-state index contributed by atoms with van der Waals surface area (Å²) in [6.45, 7) is 2.51. The van der Waals surface area contributed by atoms with Crippen LogP contribution in [0, 0.1) is 5.92 Å². The quantitative estimate of drug-likeness (QED) is 0.788. The van der Waals surface area contributed by atoms with Crippen molar-refractivity contribution in [3.05, 3.63) is 40.9 Å². The zero-order valence-corrected chi connectivity index (χ0v) is 14.5. The minimum Gasteiger partial charge on any atom is -0.339 e. The second kappa shape index (κ2) is 7.84. The van der Waals surface area contributed by atoms with Crippen molar-refractivity contribution in [2.75, 3.05) is 26.2 Å². The van der Waals surface area contributed by atoms with Gasteiger partial charge in [0.1, 0.15) is 0 Å². The first kappa shape index (κ1) is 17.0. The molecule has 1 aliphatic heterocycles. The van der Waals surface area contributed by atoms with Gasteiger partial charge in [-0.05, 0) is 36.6 Å². The van der Waals surface area contributed by atoms with Crippen LogP contribution in [0.2, 0.25) is 5.02 Å². The summed E-state index contributed by atoms with van der Waals surface area (Å²) in [7, 11) is 0. The molecule has 24 heavy (non-hydrogen) atoms. The highest BCUT2D eigenvalue weighted by Crippen LogP contribution is 2.27. The molecule has 1 aromatic carbocycles. The van der Waals surface area contributed by atoms with Crippen molar-refractivity contribution in [1.82, 2.24) is 9.80 Å². The Balaban J connectivity index is 1.50. The van der Waals surface area contributed by atoms with E-state index in [1.165, 1.54) is 12.8 Å². The number of nitrogens with zero attached hydrogens (tertiary/aromatic N) is 2. The lowest BCUT2D eigenvalue weighted by Gasteiger charge is -2.35. The highest BCUT2D eigenvalue weighted by Gasteiger charge is 2.29. The summed E-state index contributed by atoms with van der Waals surface area (Å²) in [5, 5.41) is 0.656. The Morgan fingerprint density at radius 3 is 2.38 bits per heavy atom. The minimum atomic E-state index is -0.0112. The second-order valence-electron chi connectivity index (χ2n) is 6.52. The van der Waals surface area contributed by atoms with Crippen LogP contribution in [-0.4, -0.2) is 47.8 Å². The van der Waals surface area contributed by atoms with Crippen LogP contribution in [0.4, 0.5) is 0 Å². The van der Waals surface area contributed by atoms with Gasteiger partial charge < -0.3 is 9.80 Å². The van der Waals surface area contributed by atoms with Crippen LogP contribution in [0.5, 0.6) is 0 Å². The summed E-state index contributed by atoms with van der Waals surface area (Å²) in [4.78, 5) is 28.4. The Labute approximate surface area is 148 Å². The number of piperazine rings is 1. The van der Waals surface area contributed by atoms with Gasteiger partial charge in [0.2, 0.25) is 11.8 Å². The van der Waals surface area contributed by atoms with Gasteiger partial charge in [-0.25, -0.2) is 0 Å². The number of hydrogen-bond acceptors (Lipinski definition) is 2. The number of benzene rings is 1. The summed E-state index contributed by atoms with van der Waals surface area (Å²) in [5.41, 5.74) is 0.908. The van der Waals surface area contributed by atoms with Gasteiger partial charge in [0.25, 0.3) is 0 Å². The Bertz CT molecular complexity index is 630. The lowest BCUT2D eigenvalue weighted by Crippen LogP contribution is -2.51. The minimum absolute atomic E-state index is 0.0112. The molecule has 1 aromatic rings. The van der Waals surface area contributed by atoms with Crippen molar-refractivity contribution >= 4 is 29.5 Å². The standard InChI is InChI=1S/C19H23ClN2O2/c20-17-7-3-4-15(14-17)8-9-18(23)21-10-12-22(13-11-21)19(24)16-5-1-2-6-16/h3-4,7-9,14,16H,1-2,5-6,10-13H2/b9-8+. The van der Waals surface area contributed by atoms with E-state index in [1.807, 2.05) is 23.1 Å². The third-order valence-corrected chi connectivity index (χ3v) is 5.11. The Hall–Kier alpha value is -1.81. The van der Waals surface area contributed by atoms with Gasteiger partial charge in [-0.1, -0.05) is 36.6 Å². The molecule has 0 N–H and O–H groups in total. The maximum absolute atomic E-state index is 12.4. The molecule has 2 aliphatic rings. The van der Waals surface area contributed by atoms with Crippen molar-refractivity contribution in [2.24, 2.45) is 5.92 Å². The molecule has 0 spiro atoms. The number of halogens is 1. The zero-order valence-electron chi connectivity index (χ0n) is 13.8. The van der Waals surface area contributed by atoms with E-state index < -0.39 is 0 Å². The van der Waals surface area contributed by atoms with Crippen molar-refractivity contribution < 1.29 is 9.59 Å². The summed E-state index contributed by atoms with van der Waals surface area (Å²) in [6, 6.07) is 7.40. The Morgan fingerprint density at radius 2 is 1.71 bits per heavy atom. The molecule has 0 atom stereocenters. The third kappa shape index (κ3) is 4.18.